The van der Waals surface area contributed by atoms with Crippen LogP contribution in [0.4, 0.5) is 4.39 Å². The third-order valence-corrected chi connectivity index (χ3v) is 2.26. The first-order chi connectivity index (χ1) is 7.50. The summed E-state index contributed by atoms with van der Waals surface area (Å²) in [5, 5.41) is 0. The van der Waals surface area contributed by atoms with E-state index in [1.807, 2.05) is 0 Å². The van der Waals surface area contributed by atoms with E-state index >= 15 is 0 Å². The van der Waals surface area contributed by atoms with E-state index < -0.39 is 18.1 Å². The summed E-state index contributed by atoms with van der Waals surface area (Å²) < 4.78 is 17.9. The van der Waals surface area contributed by atoms with Crippen LogP contribution in [0.15, 0.2) is 24.3 Å². The van der Waals surface area contributed by atoms with E-state index in [9.17, 15) is 9.18 Å². The molecule has 16 heavy (non-hydrogen) atoms. The van der Waals surface area contributed by atoms with Crippen molar-refractivity contribution in [3.8, 4) is 0 Å². The van der Waals surface area contributed by atoms with Gasteiger partial charge in [0.15, 0.2) is 0 Å². The summed E-state index contributed by atoms with van der Waals surface area (Å²) in [4.78, 5) is 10.8. The Labute approximate surface area is 93.4 Å². The molecule has 0 aliphatic rings. The number of nitrogens with two attached hydrogens (primary N) is 2. The highest BCUT2D eigenvalue weighted by molar-refractivity contribution is 5.80. The van der Waals surface area contributed by atoms with Crippen LogP contribution in [0.2, 0.25) is 0 Å². The molecule has 4 nitrogen and oxygen atoms in total. The fraction of sp³-hybridized carbons (Fsp3) is 0.364. The molecule has 88 valence electrons. The van der Waals surface area contributed by atoms with E-state index in [0.29, 0.717) is 0 Å². The minimum Gasteiger partial charge on any atom is -0.372 e. The first-order valence-electron chi connectivity index (χ1n) is 4.91. The highest BCUT2D eigenvalue weighted by atomic mass is 19.1. The summed E-state index contributed by atoms with van der Waals surface area (Å²) in [6.07, 6.45) is -0.470. The number of ether oxygens (including phenoxy) is 1. The maximum absolute atomic E-state index is 12.6. The highest BCUT2D eigenvalue weighted by Crippen LogP contribution is 2.06. The lowest BCUT2D eigenvalue weighted by atomic mass is 10.2. The maximum Gasteiger partial charge on any atom is 0.237 e. The second-order valence-corrected chi connectivity index (χ2v) is 3.57. The van der Waals surface area contributed by atoms with Crippen molar-refractivity contribution in [3.63, 3.8) is 0 Å². The van der Waals surface area contributed by atoms with Gasteiger partial charge in [-0.2, -0.15) is 0 Å². The molecule has 0 heterocycles. The number of carbonyl (C=O) groups is 1. The van der Waals surface area contributed by atoms with Crippen LogP contribution in [0, 0.1) is 5.82 Å². The normalized spacial score (nSPS) is 14.4. The van der Waals surface area contributed by atoms with Gasteiger partial charge in [-0.15, -0.1) is 0 Å². The van der Waals surface area contributed by atoms with Gasteiger partial charge in [0.2, 0.25) is 5.91 Å². The van der Waals surface area contributed by atoms with Crippen molar-refractivity contribution in [2.75, 3.05) is 0 Å². The molecule has 1 amide bonds. The second-order valence-electron chi connectivity index (χ2n) is 3.57. The highest BCUT2D eigenvalue weighted by Gasteiger charge is 2.18. The molecule has 5 heteroatoms. The number of halogens is 1. The third kappa shape index (κ3) is 3.60. The number of benzene rings is 1. The Kier molecular flexibility index (Phi) is 4.39. The van der Waals surface area contributed by atoms with Gasteiger partial charge in [-0.1, -0.05) is 12.1 Å². The Balaban J connectivity index is 2.45. The molecule has 0 unspecified atom stereocenters. The lowest BCUT2D eigenvalue weighted by molar-refractivity contribution is -0.122. The van der Waals surface area contributed by atoms with E-state index in [1.54, 1.807) is 19.1 Å². The lowest BCUT2D eigenvalue weighted by Crippen LogP contribution is -2.45. The SMILES string of the molecule is C[C@@H](OCc1ccc(F)cc1)[C@H](N)C(N)=O. The molecule has 0 aromatic heterocycles. The first kappa shape index (κ1) is 12.6. The van der Waals surface area contributed by atoms with Gasteiger partial charge >= 0.3 is 0 Å². The first-order valence-corrected chi connectivity index (χ1v) is 4.91. The van der Waals surface area contributed by atoms with E-state index in [2.05, 4.69) is 0 Å². The van der Waals surface area contributed by atoms with Gasteiger partial charge in [0.1, 0.15) is 11.9 Å². The molecule has 1 rings (SSSR count). The second kappa shape index (κ2) is 5.58. The van der Waals surface area contributed by atoms with Gasteiger partial charge in [0.25, 0.3) is 0 Å². The molecule has 0 spiro atoms. The summed E-state index contributed by atoms with van der Waals surface area (Å²) in [6.45, 7) is 1.93. The van der Waals surface area contributed by atoms with Crippen LogP contribution >= 0.6 is 0 Å². The van der Waals surface area contributed by atoms with Gasteiger partial charge in [-0.25, -0.2) is 4.39 Å². The number of carbonyl (C=O) groups excluding carboxylic acids is 1. The zero-order valence-electron chi connectivity index (χ0n) is 9.02. The molecule has 1 aromatic carbocycles. The largest absolute Gasteiger partial charge is 0.372 e. The molecule has 1 aromatic rings. The number of rotatable bonds is 5. The van der Waals surface area contributed by atoms with Gasteiger partial charge in [-0.3, -0.25) is 4.79 Å². The molecule has 4 N–H and O–H groups in total. The summed E-state index contributed by atoms with van der Waals surface area (Å²) >= 11 is 0. The van der Waals surface area contributed by atoms with Gasteiger partial charge in [0.05, 0.1) is 12.7 Å². The Bertz CT molecular complexity index is 354. The van der Waals surface area contributed by atoms with Crippen molar-refractivity contribution in [2.45, 2.75) is 25.7 Å². The molecule has 0 aliphatic heterocycles. The molecular formula is C11H15FN2O2. The van der Waals surface area contributed by atoms with Crippen LogP contribution in [0.25, 0.3) is 0 Å². The van der Waals surface area contributed by atoms with E-state index in [0.717, 1.165) is 5.56 Å². The average Bonchev–Trinajstić information content (AvgIpc) is 2.26. The smallest absolute Gasteiger partial charge is 0.237 e. The Morgan fingerprint density at radius 3 is 2.50 bits per heavy atom. The fourth-order valence-electron chi connectivity index (χ4n) is 1.14. The number of primary amides is 1. The average molecular weight is 226 g/mol. The van der Waals surface area contributed by atoms with E-state index in [-0.39, 0.29) is 12.4 Å². The van der Waals surface area contributed by atoms with Crippen LogP contribution in [0.5, 0.6) is 0 Å². The maximum atomic E-state index is 12.6. The Morgan fingerprint density at radius 1 is 1.44 bits per heavy atom. The fourth-order valence-corrected chi connectivity index (χ4v) is 1.14. The van der Waals surface area contributed by atoms with Crippen LogP contribution in [-0.2, 0) is 16.1 Å². The molecule has 0 radical (unpaired) electrons. The third-order valence-electron chi connectivity index (χ3n) is 2.26. The Hall–Kier alpha value is -1.46. The van der Waals surface area contributed by atoms with Crippen molar-refractivity contribution < 1.29 is 13.9 Å². The van der Waals surface area contributed by atoms with Crippen LogP contribution in [0.3, 0.4) is 0 Å². The summed E-state index contributed by atoms with van der Waals surface area (Å²) in [7, 11) is 0. The number of hydrogen-bond acceptors (Lipinski definition) is 3. The number of amides is 1. The molecular weight excluding hydrogens is 211 g/mol. The predicted octanol–water partition coefficient (Wildman–Crippen LogP) is 0.543. The van der Waals surface area contributed by atoms with Crippen LogP contribution in [-0.4, -0.2) is 18.1 Å². The van der Waals surface area contributed by atoms with Gasteiger partial charge in [-0.05, 0) is 24.6 Å². The quantitative estimate of drug-likeness (QED) is 0.769. The molecule has 0 aliphatic carbocycles. The van der Waals surface area contributed by atoms with E-state index in [4.69, 9.17) is 16.2 Å². The number of hydrogen-bond donors (Lipinski definition) is 2. The zero-order valence-corrected chi connectivity index (χ0v) is 9.02. The molecule has 0 bridgehead atoms. The summed E-state index contributed by atoms with van der Waals surface area (Å²) in [6, 6.07) is 5.07. The minimum atomic E-state index is -0.833. The molecule has 0 fully saturated rings. The zero-order chi connectivity index (χ0) is 12.1. The van der Waals surface area contributed by atoms with Crippen LogP contribution < -0.4 is 11.5 Å². The molecule has 0 saturated heterocycles. The van der Waals surface area contributed by atoms with E-state index in [1.165, 1.54) is 12.1 Å². The Morgan fingerprint density at radius 2 is 2.00 bits per heavy atom. The van der Waals surface area contributed by atoms with Crippen molar-refractivity contribution >= 4 is 5.91 Å². The standard InChI is InChI=1S/C11H15FN2O2/c1-7(10(13)11(14)15)16-6-8-2-4-9(12)5-3-8/h2-5,7,10H,6,13H2,1H3,(H2,14,15)/t7-,10+/m1/s1. The minimum absolute atomic E-state index is 0.266. The summed E-state index contributed by atoms with van der Waals surface area (Å²) in [5.74, 6) is -0.905. The van der Waals surface area contributed by atoms with Crippen molar-refractivity contribution in [1.82, 2.24) is 0 Å². The monoisotopic (exact) mass is 226 g/mol. The predicted molar refractivity (Wildman–Crippen MR) is 57.8 cm³/mol. The van der Waals surface area contributed by atoms with Gasteiger partial charge in [0, 0.05) is 0 Å². The molecule has 2 atom stereocenters. The van der Waals surface area contributed by atoms with Crippen molar-refractivity contribution in [2.24, 2.45) is 11.5 Å². The summed E-state index contributed by atoms with van der Waals surface area (Å²) in [5.41, 5.74) is 11.3. The van der Waals surface area contributed by atoms with Crippen LogP contribution in [0.1, 0.15) is 12.5 Å². The lowest BCUT2D eigenvalue weighted by Gasteiger charge is -2.17. The topological polar surface area (TPSA) is 78.3 Å². The molecule has 0 saturated carbocycles. The van der Waals surface area contributed by atoms with Crippen molar-refractivity contribution in [1.29, 1.82) is 0 Å². The van der Waals surface area contributed by atoms with Crippen molar-refractivity contribution in [3.05, 3.63) is 35.6 Å². The van der Waals surface area contributed by atoms with Gasteiger partial charge < -0.3 is 16.2 Å².